The van der Waals surface area contributed by atoms with Gasteiger partial charge in [0.05, 0.1) is 11.3 Å². The Labute approximate surface area is 124 Å². The Hall–Kier alpha value is -1.53. The summed E-state index contributed by atoms with van der Waals surface area (Å²) in [5.74, 6) is 0.466. The first-order valence-electron chi connectivity index (χ1n) is 6.54. The fourth-order valence-corrected chi connectivity index (χ4v) is 2.85. The Morgan fingerprint density at radius 3 is 2.81 bits per heavy atom. The lowest BCUT2D eigenvalue weighted by Crippen LogP contribution is -2.30. The van der Waals surface area contributed by atoms with Crippen molar-refractivity contribution in [1.29, 1.82) is 0 Å². The van der Waals surface area contributed by atoms with Crippen LogP contribution in [0.5, 0.6) is 0 Å². The van der Waals surface area contributed by atoms with Gasteiger partial charge in [-0.2, -0.15) is 13.2 Å². The minimum Gasteiger partial charge on any atom is -0.327 e. The molecule has 112 valence electrons. The van der Waals surface area contributed by atoms with Crippen LogP contribution in [0.1, 0.15) is 17.7 Å². The number of rotatable bonds is 1. The highest BCUT2D eigenvalue weighted by molar-refractivity contribution is 6.30. The first-order valence-corrected chi connectivity index (χ1v) is 6.92. The zero-order valence-electron chi connectivity index (χ0n) is 11.0. The molecule has 1 aliphatic rings. The van der Waals surface area contributed by atoms with E-state index < -0.39 is 11.7 Å². The van der Waals surface area contributed by atoms with Crippen LogP contribution < -0.4 is 5.73 Å². The number of hydrogen-bond acceptors (Lipinski definition) is 2. The maximum absolute atomic E-state index is 12.8. The molecule has 1 aromatic carbocycles. The predicted molar refractivity (Wildman–Crippen MR) is 74.0 cm³/mol. The topological polar surface area (TPSA) is 43.8 Å². The van der Waals surface area contributed by atoms with Crippen molar-refractivity contribution in [3.63, 3.8) is 0 Å². The van der Waals surface area contributed by atoms with Crippen molar-refractivity contribution < 1.29 is 13.2 Å². The van der Waals surface area contributed by atoms with Crippen molar-refractivity contribution >= 4 is 11.6 Å². The van der Waals surface area contributed by atoms with Crippen LogP contribution in [0, 0.1) is 0 Å². The molecule has 1 aromatic heterocycles. The van der Waals surface area contributed by atoms with Crippen molar-refractivity contribution in [3.8, 4) is 11.4 Å². The van der Waals surface area contributed by atoms with Gasteiger partial charge in [0.1, 0.15) is 5.82 Å². The summed E-state index contributed by atoms with van der Waals surface area (Å²) in [6, 6.07) is 5.14. The summed E-state index contributed by atoms with van der Waals surface area (Å²) in [5, 5.41) is 0.317. The van der Waals surface area contributed by atoms with Gasteiger partial charge in [-0.05, 0) is 18.6 Å². The molecule has 0 spiro atoms. The molecule has 21 heavy (non-hydrogen) atoms. The maximum atomic E-state index is 12.8. The molecule has 3 nitrogen and oxygen atoms in total. The largest absolute Gasteiger partial charge is 0.416 e. The highest BCUT2D eigenvalue weighted by Gasteiger charge is 2.31. The van der Waals surface area contributed by atoms with E-state index in [-0.39, 0.29) is 6.04 Å². The lowest BCUT2D eigenvalue weighted by Gasteiger charge is -2.22. The molecule has 0 fully saturated rings. The molecule has 1 aliphatic heterocycles. The minimum absolute atomic E-state index is 0.0149. The number of hydrogen-bond donors (Lipinski definition) is 1. The van der Waals surface area contributed by atoms with E-state index in [9.17, 15) is 13.2 Å². The molecule has 3 rings (SSSR count). The highest BCUT2D eigenvalue weighted by Crippen LogP contribution is 2.34. The summed E-state index contributed by atoms with van der Waals surface area (Å²) < 4.78 is 40.3. The van der Waals surface area contributed by atoms with Crippen LogP contribution in [0.25, 0.3) is 11.4 Å². The van der Waals surface area contributed by atoms with E-state index in [0.717, 1.165) is 24.2 Å². The Morgan fingerprint density at radius 2 is 2.10 bits per heavy atom. The van der Waals surface area contributed by atoms with E-state index in [1.165, 1.54) is 6.07 Å². The maximum Gasteiger partial charge on any atom is 0.416 e. The Morgan fingerprint density at radius 1 is 1.33 bits per heavy atom. The molecule has 0 aliphatic carbocycles. The molecule has 7 heteroatoms. The molecule has 0 saturated carbocycles. The molecule has 2 heterocycles. The molecule has 1 atom stereocenters. The average molecular weight is 316 g/mol. The van der Waals surface area contributed by atoms with Gasteiger partial charge in [-0.1, -0.05) is 23.7 Å². The number of nitrogens with zero attached hydrogens (tertiary/aromatic N) is 2. The van der Waals surface area contributed by atoms with E-state index >= 15 is 0 Å². The lowest BCUT2D eigenvalue weighted by molar-refractivity contribution is -0.137. The summed E-state index contributed by atoms with van der Waals surface area (Å²) in [4.78, 5) is 4.23. The highest BCUT2D eigenvalue weighted by atomic mass is 35.5. The SMILES string of the molecule is NC1CCn2c(-c3cccc(C(F)(F)F)c3)nc(Cl)c2C1. The van der Waals surface area contributed by atoms with Gasteiger partial charge >= 0.3 is 6.18 Å². The summed E-state index contributed by atoms with van der Waals surface area (Å²) in [7, 11) is 0. The Bertz CT molecular complexity index is 679. The van der Waals surface area contributed by atoms with Crippen molar-refractivity contribution in [3.05, 3.63) is 40.7 Å². The normalized spacial score (nSPS) is 18.6. The van der Waals surface area contributed by atoms with Crippen LogP contribution in [0.15, 0.2) is 24.3 Å². The number of halogens is 4. The summed E-state index contributed by atoms with van der Waals surface area (Å²) in [6.45, 7) is 0.613. The third-order valence-corrected chi connectivity index (χ3v) is 3.95. The van der Waals surface area contributed by atoms with Crippen molar-refractivity contribution in [2.24, 2.45) is 5.73 Å². The van der Waals surface area contributed by atoms with Crippen LogP contribution in [-0.4, -0.2) is 15.6 Å². The summed E-state index contributed by atoms with van der Waals surface area (Å²) >= 11 is 6.10. The zero-order chi connectivity index (χ0) is 15.2. The smallest absolute Gasteiger partial charge is 0.327 e. The molecule has 0 radical (unpaired) electrons. The minimum atomic E-state index is -4.38. The Balaban J connectivity index is 2.08. The van der Waals surface area contributed by atoms with Gasteiger partial charge in [-0.3, -0.25) is 0 Å². The van der Waals surface area contributed by atoms with Crippen LogP contribution in [0.3, 0.4) is 0 Å². The molecule has 2 aromatic rings. The van der Waals surface area contributed by atoms with Crippen LogP contribution in [0.2, 0.25) is 5.15 Å². The number of benzene rings is 1. The van der Waals surface area contributed by atoms with Gasteiger partial charge in [0.2, 0.25) is 0 Å². The van der Waals surface area contributed by atoms with E-state index in [2.05, 4.69) is 4.98 Å². The number of imidazole rings is 1. The molecule has 0 bridgehead atoms. The van der Waals surface area contributed by atoms with Gasteiger partial charge in [0.25, 0.3) is 0 Å². The second-order valence-electron chi connectivity index (χ2n) is 5.16. The van der Waals surface area contributed by atoms with Gasteiger partial charge in [0, 0.05) is 24.6 Å². The molecule has 2 N–H and O–H groups in total. The van der Waals surface area contributed by atoms with Crippen LogP contribution in [-0.2, 0) is 19.1 Å². The van der Waals surface area contributed by atoms with Gasteiger partial charge in [-0.25, -0.2) is 4.98 Å². The van der Waals surface area contributed by atoms with E-state index in [1.807, 2.05) is 4.57 Å². The fourth-order valence-electron chi connectivity index (χ4n) is 2.59. The number of nitrogens with two attached hydrogens (primary N) is 1. The third kappa shape index (κ3) is 2.65. The molecular weight excluding hydrogens is 303 g/mol. The molecule has 0 saturated heterocycles. The molecule has 0 amide bonds. The van der Waals surface area contributed by atoms with Crippen molar-refractivity contribution in [1.82, 2.24) is 9.55 Å². The first kappa shape index (κ1) is 14.4. The Kier molecular flexibility index (Phi) is 3.45. The quantitative estimate of drug-likeness (QED) is 0.875. The first-order chi connectivity index (χ1) is 9.86. The van der Waals surface area contributed by atoms with E-state index in [1.54, 1.807) is 6.07 Å². The average Bonchev–Trinajstić information content (AvgIpc) is 2.75. The molecular formula is C14H13ClF3N3. The fraction of sp³-hybridized carbons (Fsp3) is 0.357. The van der Waals surface area contributed by atoms with Crippen LogP contribution in [0.4, 0.5) is 13.2 Å². The van der Waals surface area contributed by atoms with Crippen molar-refractivity contribution in [2.45, 2.75) is 31.6 Å². The number of fused-ring (bicyclic) bond motifs is 1. The summed E-state index contributed by atoms with van der Waals surface area (Å²) in [5.41, 5.74) is 6.41. The van der Waals surface area contributed by atoms with Crippen molar-refractivity contribution in [2.75, 3.05) is 0 Å². The van der Waals surface area contributed by atoms with Gasteiger partial charge < -0.3 is 10.3 Å². The van der Waals surface area contributed by atoms with Crippen LogP contribution >= 0.6 is 11.6 Å². The molecule has 1 unspecified atom stereocenters. The van der Waals surface area contributed by atoms with Gasteiger partial charge in [0.15, 0.2) is 5.15 Å². The second-order valence-corrected chi connectivity index (χ2v) is 5.51. The lowest BCUT2D eigenvalue weighted by atomic mass is 10.0. The second kappa shape index (κ2) is 5.03. The zero-order valence-corrected chi connectivity index (χ0v) is 11.7. The number of alkyl halides is 3. The monoisotopic (exact) mass is 315 g/mol. The number of aromatic nitrogens is 2. The summed E-state index contributed by atoms with van der Waals surface area (Å²) in [6.07, 6.45) is -3.03. The third-order valence-electron chi connectivity index (χ3n) is 3.65. The van der Waals surface area contributed by atoms with E-state index in [0.29, 0.717) is 29.5 Å². The van der Waals surface area contributed by atoms with Gasteiger partial charge in [-0.15, -0.1) is 0 Å². The predicted octanol–water partition coefficient (Wildman–Crippen LogP) is 3.50. The van der Waals surface area contributed by atoms with E-state index in [4.69, 9.17) is 17.3 Å². The standard InChI is InChI=1S/C14H13ClF3N3/c15-12-11-7-10(19)4-5-21(11)13(20-12)8-2-1-3-9(6-8)14(16,17)18/h1-3,6,10H,4-5,7,19H2.